The number of benzene rings is 3. The summed E-state index contributed by atoms with van der Waals surface area (Å²) < 4.78 is 39.6. The average Bonchev–Trinajstić information content (AvgIpc) is 3.30. The van der Waals surface area contributed by atoms with Crippen LogP contribution < -0.4 is 4.74 Å². The Morgan fingerprint density at radius 2 is 1.54 bits per heavy atom. The molecule has 0 saturated carbocycles. The van der Waals surface area contributed by atoms with Gasteiger partial charge >= 0.3 is 0 Å². The first-order valence-corrected chi connectivity index (χ1v) is 13.8. The average molecular weight is 492 g/mol. The van der Waals surface area contributed by atoms with E-state index in [0.29, 0.717) is 29.1 Å². The fourth-order valence-corrected chi connectivity index (χ4v) is 5.81. The lowest BCUT2D eigenvalue weighted by atomic mass is 10.1. The van der Waals surface area contributed by atoms with Crippen molar-refractivity contribution in [1.29, 1.82) is 0 Å². The molecule has 0 amide bonds. The van der Waals surface area contributed by atoms with Crippen LogP contribution >= 0.6 is 0 Å². The van der Waals surface area contributed by atoms with Crippen molar-refractivity contribution in [3.63, 3.8) is 0 Å². The lowest BCUT2D eigenvalue weighted by molar-refractivity contribution is 0.249. The number of hydrogen-bond acceptors (Lipinski definition) is 5. The molecule has 6 heteroatoms. The molecule has 1 heterocycles. The third-order valence-corrected chi connectivity index (χ3v) is 8.19. The third-order valence-electron chi connectivity index (χ3n) is 6.36. The Labute approximate surface area is 208 Å². The fourth-order valence-electron chi connectivity index (χ4n) is 4.22. The first-order valence-electron chi connectivity index (χ1n) is 12.3. The van der Waals surface area contributed by atoms with E-state index >= 15 is 0 Å². The maximum Gasteiger partial charge on any atom is 0.211 e. The zero-order chi connectivity index (χ0) is 24.8. The number of hydrogen-bond donors (Lipinski definition) is 0. The van der Waals surface area contributed by atoms with Crippen LogP contribution in [-0.4, -0.2) is 39.6 Å². The third kappa shape index (κ3) is 5.44. The summed E-state index contributed by atoms with van der Waals surface area (Å²) >= 11 is 0. The van der Waals surface area contributed by atoms with Crippen molar-refractivity contribution in [2.45, 2.75) is 43.4 Å². The van der Waals surface area contributed by atoms with Crippen LogP contribution in [0.1, 0.15) is 32.8 Å². The van der Waals surface area contributed by atoms with Crippen LogP contribution in [0.5, 0.6) is 5.75 Å². The van der Waals surface area contributed by atoms with E-state index < -0.39 is 9.84 Å². The van der Waals surface area contributed by atoms with E-state index in [1.54, 1.807) is 36.4 Å². The molecular formula is C29H33NO4S. The molecule has 0 bridgehead atoms. The van der Waals surface area contributed by atoms with E-state index in [1.807, 2.05) is 36.4 Å². The molecule has 0 spiro atoms. The number of rotatable bonds is 11. The number of para-hydroxylation sites is 1. The second kappa shape index (κ2) is 11.1. The topological polar surface area (TPSA) is 59.8 Å². The van der Waals surface area contributed by atoms with Gasteiger partial charge in [-0.05, 0) is 67.9 Å². The molecule has 1 aromatic heterocycles. The fraction of sp³-hybridized carbons (Fsp3) is 0.310. The maximum absolute atomic E-state index is 13.8. The van der Waals surface area contributed by atoms with Crippen LogP contribution in [0, 0.1) is 0 Å². The number of aryl methyl sites for hydroxylation is 1. The van der Waals surface area contributed by atoms with Crippen LogP contribution in [0.25, 0.3) is 22.3 Å². The van der Waals surface area contributed by atoms with Gasteiger partial charge in [0.15, 0.2) is 5.76 Å². The van der Waals surface area contributed by atoms with Gasteiger partial charge in [-0.3, -0.25) is 0 Å². The first kappa shape index (κ1) is 25.0. The Hall–Kier alpha value is -3.09. The Bertz CT molecular complexity index is 1350. The second-order valence-electron chi connectivity index (χ2n) is 8.51. The van der Waals surface area contributed by atoms with Gasteiger partial charge in [-0.25, -0.2) is 8.42 Å². The van der Waals surface area contributed by atoms with Gasteiger partial charge in [0.1, 0.15) is 16.2 Å². The summed E-state index contributed by atoms with van der Waals surface area (Å²) in [6, 6.07) is 21.8. The summed E-state index contributed by atoms with van der Waals surface area (Å²) in [5.74, 6) is 1.03. The molecule has 0 radical (unpaired) electrons. The molecule has 184 valence electrons. The molecule has 0 atom stereocenters. The molecule has 4 rings (SSSR count). The zero-order valence-corrected chi connectivity index (χ0v) is 21.5. The van der Waals surface area contributed by atoms with Gasteiger partial charge in [0.25, 0.3) is 0 Å². The summed E-state index contributed by atoms with van der Waals surface area (Å²) in [6.45, 7) is 10.0. The van der Waals surface area contributed by atoms with Crippen LogP contribution in [0.2, 0.25) is 0 Å². The van der Waals surface area contributed by atoms with Gasteiger partial charge in [-0.1, -0.05) is 57.2 Å². The van der Waals surface area contributed by atoms with Gasteiger partial charge in [0, 0.05) is 17.5 Å². The summed E-state index contributed by atoms with van der Waals surface area (Å²) in [4.78, 5) is 2.76. The van der Waals surface area contributed by atoms with Crippen molar-refractivity contribution in [1.82, 2.24) is 4.90 Å². The molecular weight excluding hydrogens is 458 g/mol. The molecule has 4 aromatic rings. The molecule has 0 aliphatic carbocycles. The Balaban J connectivity index is 1.62. The van der Waals surface area contributed by atoms with E-state index in [2.05, 4.69) is 25.7 Å². The summed E-state index contributed by atoms with van der Waals surface area (Å²) in [7, 11) is -3.83. The highest BCUT2D eigenvalue weighted by atomic mass is 32.2. The lowest BCUT2D eigenvalue weighted by Gasteiger charge is -2.17. The van der Waals surface area contributed by atoms with Gasteiger partial charge in [-0.2, -0.15) is 0 Å². The SMILES string of the molecule is CCc1ccc(-c2oc3ccccc3c2S(=O)(=O)c2ccc(OCCCN(CC)CC)cc2)cc1. The normalized spacial score (nSPS) is 11.9. The molecule has 0 fully saturated rings. The Kier molecular flexibility index (Phi) is 7.93. The van der Waals surface area contributed by atoms with Crippen LogP contribution in [0.15, 0.2) is 87.0 Å². The summed E-state index contributed by atoms with van der Waals surface area (Å²) in [5.41, 5.74) is 2.47. The van der Waals surface area contributed by atoms with E-state index in [0.717, 1.165) is 38.0 Å². The molecule has 0 aliphatic heterocycles. The van der Waals surface area contributed by atoms with Crippen LogP contribution in [-0.2, 0) is 16.3 Å². The second-order valence-corrected chi connectivity index (χ2v) is 10.4. The minimum Gasteiger partial charge on any atom is -0.494 e. The van der Waals surface area contributed by atoms with Crippen molar-refractivity contribution in [2.24, 2.45) is 0 Å². The van der Waals surface area contributed by atoms with Gasteiger partial charge < -0.3 is 14.1 Å². The van der Waals surface area contributed by atoms with E-state index in [1.165, 1.54) is 5.56 Å². The van der Waals surface area contributed by atoms with Gasteiger partial charge in [0.2, 0.25) is 9.84 Å². The molecule has 0 saturated heterocycles. The predicted molar refractivity (Wildman–Crippen MR) is 141 cm³/mol. The van der Waals surface area contributed by atoms with Gasteiger partial charge in [-0.15, -0.1) is 0 Å². The zero-order valence-electron chi connectivity index (χ0n) is 20.7. The highest BCUT2D eigenvalue weighted by Gasteiger charge is 2.29. The molecule has 0 N–H and O–H groups in total. The summed E-state index contributed by atoms with van der Waals surface area (Å²) in [5, 5.41) is 0.582. The van der Waals surface area contributed by atoms with E-state index in [4.69, 9.17) is 9.15 Å². The Morgan fingerprint density at radius 1 is 0.857 bits per heavy atom. The number of sulfone groups is 1. The minimum absolute atomic E-state index is 0.199. The molecule has 0 unspecified atom stereocenters. The first-order chi connectivity index (χ1) is 17.0. The van der Waals surface area contributed by atoms with Crippen molar-refractivity contribution in [3.05, 3.63) is 78.4 Å². The molecule has 35 heavy (non-hydrogen) atoms. The monoisotopic (exact) mass is 491 g/mol. The van der Waals surface area contributed by atoms with Gasteiger partial charge in [0.05, 0.1) is 11.5 Å². The van der Waals surface area contributed by atoms with Crippen molar-refractivity contribution >= 4 is 20.8 Å². The largest absolute Gasteiger partial charge is 0.494 e. The number of ether oxygens (including phenoxy) is 1. The molecule has 0 aliphatic rings. The van der Waals surface area contributed by atoms with Crippen molar-refractivity contribution in [2.75, 3.05) is 26.2 Å². The number of fused-ring (bicyclic) bond motifs is 1. The highest BCUT2D eigenvalue weighted by Crippen LogP contribution is 2.40. The number of furan rings is 1. The van der Waals surface area contributed by atoms with Crippen molar-refractivity contribution < 1.29 is 17.6 Å². The number of nitrogens with zero attached hydrogens (tertiary/aromatic N) is 1. The van der Waals surface area contributed by atoms with E-state index in [9.17, 15) is 8.42 Å². The quantitative estimate of drug-likeness (QED) is 0.221. The van der Waals surface area contributed by atoms with E-state index in [-0.39, 0.29) is 9.79 Å². The maximum atomic E-state index is 13.8. The molecule has 5 nitrogen and oxygen atoms in total. The Morgan fingerprint density at radius 3 is 2.20 bits per heavy atom. The van der Waals surface area contributed by atoms with Crippen LogP contribution in [0.3, 0.4) is 0 Å². The smallest absolute Gasteiger partial charge is 0.211 e. The minimum atomic E-state index is -3.83. The van der Waals surface area contributed by atoms with Crippen LogP contribution in [0.4, 0.5) is 0 Å². The predicted octanol–water partition coefficient (Wildman–Crippen LogP) is 6.61. The standard InChI is InChI=1S/C29H33NO4S/c1-4-22-12-14-23(15-13-22)28-29(26-10-7-8-11-27(26)34-28)35(31,32)25-18-16-24(17-19-25)33-21-9-20-30(5-2)6-3/h7-8,10-19H,4-6,9,20-21H2,1-3H3. The highest BCUT2D eigenvalue weighted by molar-refractivity contribution is 7.91. The lowest BCUT2D eigenvalue weighted by Crippen LogP contribution is -2.25. The van der Waals surface area contributed by atoms with Crippen molar-refractivity contribution in [3.8, 4) is 17.1 Å². The molecule has 3 aromatic carbocycles. The summed E-state index contributed by atoms with van der Waals surface area (Å²) in [6.07, 6.45) is 1.83.